The van der Waals surface area contributed by atoms with Crippen molar-refractivity contribution in [3.63, 3.8) is 0 Å². The average molecular weight is 204 g/mol. The molecule has 0 saturated heterocycles. The van der Waals surface area contributed by atoms with Gasteiger partial charge in [-0.3, -0.25) is 0 Å². The second-order valence-corrected chi connectivity index (χ2v) is 3.75. The summed E-state index contributed by atoms with van der Waals surface area (Å²) in [5.74, 6) is 0. The fourth-order valence-electron chi connectivity index (χ4n) is 1.38. The Balaban J connectivity index is 3.22. The maximum absolute atomic E-state index is 13.1. The van der Waals surface area contributed by atoms with Gasteiger partial charge in [0.2, 0.25) is 0 Å². The first-order chi connectivity index (χ1) is 6.70. The number of allylic oxidation sites excluding steroid dienone is 1. The van der Waals surface area contributed by atoms with Gasteiger partial charge in [-0.1, -0.05) is 25.8 Å². The lowest BCUT2D eigenvalue weighted by molar-refractivity contribution is 0.268. The van der Waals surface area contributed by atoms with E-state index in [0.29, 0.717) is 25.7 Å². The molecule has 0 N–H and O–H groups in total. The third kappa shape index (κ3) is 8.21. The predicted molar refractivity (Wildman–Crippen MR) is 58.0 cm³/mol. The molecule has 0 aromatic rings. The number of alkyl halides is 2. The molecular formula is C12H22F2. The van der Waals surface area contributed by atoms with Crippen molar-refractivity contribution in [1.29, 1.82) is 0 Å². The van der Waals surface area contributed by atoms with Crippen LogP contribution in [0.25, 0.3) is 0 Å². The predicted octanol–water partition coefficient (Wildman–Crippen LogP) is 4.60. The van der Waals surface area contributed by atoms with Crippen LogP contribution >= 0.6 is 0 Å². The van der Waals surface area contributed by atoms with Crippen LogP contribution in [0.5, 0.6) is 0 Å². The summed E-state index contributed by atoms with van der Waals surface area (Å²) in [6.45, 7) is 5.39. The number of unbranched alkanes of at least 4 members (excludes halogenated alkanes) is 1. The van der Waals surface area contributed by atoms with Crippen LogP contribution in [0.2, 0.25) is 0 Å². The van der Waals surface area contributed by atoms with Crippen molar-refractivity contribution >= 4 is 0 Å². The molecule has 2 unspecified atom stereocenters. The van der Waals surface area contributed by atoms with Crippen molar-refractivity contribution in [2.24, 2.45) is 0 Å². The van der Waals surface area contributed by atoms with Gasteiger partial charge in [-0.2, -0.15) is 0 Å². The average Bonchev–Trinajstić information content (AvgIpc) is 2.21. The Morgan fingerprint density at radius 1 is 1.07 bits per heavy atom. The number of halogens is 2. The summed E-state index contributed by atoms with van der Waals surface area (Å²) < 4.78 is 25.8. The van der Waals surface area contributed by atoms with Crippen molar-refractivity contribution in [3.8, 4) is 0 Å². The van der Waals surface area contributed by atoms with Gasteiger partial charge in [0.1, 0.15) is 6.17 Å². The zero-order chi connectivity index (χ0) is 10.8. The molecule has 0 heterocycles. The highest BCUT2D eigenvalue weighted by Gasteiger charge is 2.06. The molecule has 0 aliphatic rings. The maximum Gasteiger partial charge on any atom is 0.100 e. The highest BCUT2D eigenvalue weighted by molar-refractivity contribution is 4.69. The minimum atomic E-state index is -0.729. The molecule has 0 aliphatic heterocycles. The molecule has 0 aromatic carbocycles. The summed E-state index contributed by atoms with van der Waals surface area (Å²) in [4.78, 5) is 0. The van der Waals surface area contributed by atoms with E-state index in [4.69, 9.17) is 0 Å². The Labute approximate surface area is 86.4 Å². The SMILES string of the molecule is C=CCCC(F)CCCCC(F)CC. The van der Waals surface area contributed by atoms with Crippen molar-refractivity contribution in [1.82, 2.24) is 0 Å². The van der Waals surface area contributed by atoms with E-state index in [-0.39, 0.29) is 0 Å². The minimum absolute atomic E-state index is 0.566. The third-order valence-corrected chi connectivity index (χ3v) is 2.41. The molecule has 84 valence electrons. The first kappa shape index (κ1) is 13.6. The van der Waals surface area contributed by atoms with Gasteiger partial charge in [-0.15, -0.1) is 6.58 Å². The molecule has 0 amide bonds. The molecule has 14 heavy (non-hydrogen) atoms. The van der Waals surface area contributed by atoms with Crippen LogP contribution in [0.4, 0.5) is 8.78 Å². The van der Waals surface area contributed by atoms with Gasteiger partial charge in [-0.25, -0.2) is 8.78 Å². The van der Waals surface area contributed by atoms with Gasteiger partial charge >= 0.3 is 0 Å². The van der Waals surface area contributed by atoms with E-state index in [1.807, 2.05) is 6.92 Å². The van der Waals surface area contributed by atoms with Crippen molar-refractivity contribution in [2.75, 3.05) is 0 Å². The van der Waals surface area contributed by atoms with E-state index < -0.39 is 12.3 Å². The van der Waals surface area contributed by atoms with Gasteiger partial charge in [0.15, 0.2) is 0 Å². The molecule has 0 radical (unpaired) electrons. The second kappa shape index (κ2) is 9.17. The number of hydrogen-bond acceptors (Lipinski definition) is 0. The highest BCUT2D eigenvalue weighted by Crippen LogP contribution is 2.14. The normalized spacial score (nSPS) is 15.1. The Bertz CT molecular complexity index is 134. The molecule has 0 saturated carbocycles. The molecule has 0 rings (SSSR count). The Kier molecular flexibility index (Phi) is 8.90. The molecule has 0 spiro atoms. The number of rotatable bonds is 9. The molecule has 2 atom stereocenters. The highest BCUT2D eigenvalue weighted by atomic mass is 19.1. The van der Waals surface area contributed by atoms with Gasteiger partial charge < -0.3 is 0 Å². The van der Waals surface area contributed by atoms with E-state index in [9.17, 15) is 8.78 Å². The molecule has 0 bridgehead atoms. The molecule has 2 heteroatoms. The van der Waals surface area contributed by atoms with Crippen LogP contribution in [0.3, 0.4) is 0 Å². The summed E-state index contributed by atoms with van der Waals surface area (Å²) in [6.07, 6.45) is 4.97. The lowest BCUT2D eigenvalue weighted by Gasteiger charge is -2.07. The van der Waals surface area contributed by atoms with E-state index >= 15 is 0 Å². The standard InChI is InChI=1S/C12H22F2/c1-3-5-8-12(14)10-7-6-9-11(13)4-2/h3,11-12H,1,4-10H2,2H3. The Morgan fingerprint density at radius 2 is 1.64 bits per heavy atom. The summed E-state index contributed by atoms with van der Waals surface area (Å²) in [5.41, 5.74) is 0. The first-order valence-corrected chi connectivity index (χ1v) is 5.59. The Morgan fingerprint density at radius 3 is 2.14 bits per heavy atom. The van der Waals surface area contributed by atoms with Crippen LogP contribution in [-0.2, 0) is 0 Å². The topological polar surface area (TPSA) is 0 Å². The van der Waals surface area contributed by atoms with E-state index in [1.165, 1.54) is 0 Å². The maximum atomic E-state index is 13.1. The third-order valence-electron chi connectivity index (χ3n) is 2.41. The fourth-order valence-corrected chi connectivity index (χ4v) is 1.38. The largest absolute Gasteiger partial charge is 0.248 e. The quantitative estimate of drug-likeness (QED) is 0.380. The van der Waals surface area contributed by atoms with Gasteiger partial charge in [0, 0.05) is 0 Å². The summed E-state index contributed by atoms with van der Waals surface area (Å²) in [7, 11) is 0. The summed E-state index contributed by atoms with van der Waals surface area (Å²) in [5, 5.41) is 0. The van der Waals surface area contributed by atoms with Crippen LogP contribution < -0.4 is 0 Å². The van der Waals surface area contributed by atoms with Crippen molar-refractivity contribution < 1.29 is 8.78 Å². The zero-order valence-corrected chi connectivity index (χ0v) is 9.14. The van der Waals surface area contributed by atoms with Gasteiger partial charge in [-0.05, 0) is 32.1 Å². The fraction of sp³-hybridized carbons (Fsp3) is 0.833. The smallest absolute Gasteiger partial charge is 0.100 e. The molecule has 0 fully saturated rings. The number of hydrogen-bond donors (Lipinski definition) is 0. The minimum Gasteiger partial charge on any atom is -0.248 e. The monoisotopic (exact) mass is 204 g/mol. The molecular weight excluding hydrogens is 182 g/mol. The summed E-state index contributed by atoms with van der Waals surface area (Å²) in [6, 6.07) is 0. The van der Waals surface area contributed by atoms with Crippen LogP contribution in [0, 0.1) is 0 Å². The van der Waals surface area contributed by atoms with Gasteiger partial charge in [0.05, 0.1) is 6.17 Å². The van der Waals surface area contributed by atoms with Gasteiger partial charge in [0.25, 0.3) is 0 Å². The molecule has 0 nitrogen and oxygen atoms in total. The van der Waals surface area contributed by atoms with Crippen LogP contribution in [0.15, 0.2) is 12.7 Å². The van der Waals surface area contributed by atoms with E-state index in [0.717, 1.165) is 19.3 Å². The van der Waals surface area contributed by atoms with Crippen molar-refractivity contribution in [2.45, 2.75) is 64.2 Å². The second-order valence-electron chi connectivity index (χ2n) is 3.75. The summed E-state index contributed by atoms with van der Waals surface area (Å²) >= 11 is 0. The molecule has 0 aromatic heterocycles. The Hall–Kier alpha value is -0.400. The first-order valence-electron chi connectivity index (χ1n) is 5.59. The molecule has 0 aliphatic carbocycles. The van der Waals surface area contributed by atoms with Crippen LogP contribution in [-0.4, -0.2) is 12.3 Å². The van der Waals surface area contributed by atoms with Crippen LogP contribution in [0.1, 0.15) is 51.9 Å². The lowest BCUT2D eigenvalue weighted by Crippen LogP contribution is -2.01. The lowest BCUT2D eigenvalue weighted by atomic mass is 10.1. The van der Waals surface area contributed by atoms with E-state index in [2.05, 4.69) is 6.58 Å². The van der Waals surface area contributed by atoms with E-state index in [1.54, 1.807) is 6.08 Å². The zero-order valence-electron chi connectivity index (χ0n) is 9.14. The van der Waals surface area contributed by atoms with Crippen molar-refractivity contribution in [3.05, 3.63) is 12.7 Å².